The van der Waals surface area contributed by atoms with Crippen molar-refractivity contribution in [3.05, 3.63) is 72.8 Å². The van der Waals surface area contributed by atoms with Crippen molar-refractivity contribution in [3.8, 4) is 11.4 Å². The number of rotatable bonds is 6. The summed E-state index contributed by atoms with van der Waals surface area (Å²) in [7, 11) is -7.76. The number of sulfone groups is 1. The number of aromatic nitrogens is 2. The van der Waals surface area contributed by atoms with E-state index in [1.807, 2.05) is 48.5 Å². The van der Waals surface area contributed by atoms with Crippen LogP contribution in [0.15, 0.2) is 82.6 Å². The normalized spacial score (nSPS) is 15.6. The number of carbonyl (C=O) groups is 1. The van der Waals surface area contributed by atoms with E-state index in [1.54, 1.807) is 0 Å². The molecule has 0 saturated carbocycles. The molecule has 5 rings (SSSR count). The number of fused-ring (bicyclic) bond motifs is 1. The zero-order valence-corrected chi connectivity index (χ0v) is 21.7. The Balaban J connectivity index is 1.30. The summed E-state index contributed by atoms with van der Waals surface area (Å²) < 4.78 is 52.0. The summed E-state index contributed by atoms with van der Waals surface area (Å²) in [5, 5.41) is 2.99. The second-order valence-corrected chi connectivity index (χ2v) is 12.9. The zero-order valence-electron chi connectivity index (χ0n) is 20.1. The largest absolute Gasteiger partial charge is 0.338 e. The van der Waals surface area contributed by atoms with Gasteiger partial charge in [0.25, 0.3) is 0 Å². The fraction of sp³-hybridized carbons (Fsp3) is 0.231. The van der Waals surface area contributed by atoms with Gasteiger partial charge in [0.1, 0.15) is 10.7 Å². The van der Waals surface area contributed by atoms with E-state index in [-0.39, 0.29) is 34.7 Å². The standard InChI is InChI=1S/C26H26N4O5S2/c1-36(32,33)23-12-6-7-13-24(23)37(34,35)30-16-14-18(15-17-30)26(31)29-20-9-3-2-8-19(20)25-27-21-10-4-5-11-22(21)28-25/h2-13,18H,14-17H2,1H3,(H,27,28)(H,29,31). The predicted molar refractivity (Wildman–Crippen MR) is 141 cm³/mol. The summed E-state index contributed by atoms with van der Waals surface area (Å²) >= 11 is 0. The molecule has 1 fully saturated rings. The fourth-order valence-corrected chi connectivity index (χ4v) is 7.65. The molecule has 0 unspecified atom stereocenters. The van der Waals surface area contributed by atoms with Crippen LogP contribution < -0.4 is 5.32 Å². The van der Waals surface area contributed by atoms with Crippen molar-refractivity contribution in [2.45, 2.75) is 22.6 Å². The lowest BCUT2D eigenvalue weighted by atomic mass is 9.97. The molecule has 1 aromatic heterocycles. The number of nitrogens with zero attached hydrogens (tertiary/aromatic N) is 2. The molecule has 2 heterocycles. The molecule has 2 N–H and O–H groups in total. The van der Waals surface area contributed by atoms with E-state index in [4.69, 9.17) is 0 Å². The summed E-state index contributed by atoms with van der Waals surface area (Å²) in [6.45, 7) is 0.230. The SMILES string of the molecule is CS(=O)(=O)c1ccccc1S(=O)(=O)N1CCC(C(=O)Nc2ccccc2-c2nc3ccccc3[nH]2)CC1. The van der Waals surface area contributed by atoms with Gasteiger partial charge in [-0.05, 0) is 49.2 Å². The first-order valence-electron chi connectivity index (χ1n) is 11.8. The van der Waals surface area contributed by atoms with E-state index < -0.39 is 19.9 Å². The highest BCUT2D eigenvalue weighted by atomic mass is 32.2. The van der Waals surface area contributed by atoms with Crippen LogP contribution in [0.25, 0.3) is 22.4 Å². The highest BCUT2D eigenvalue weighted by molar-refractivity contribution is 7.93. The summed E-state index contributed by atoms with van der Waals surface area (Å²) in [6.07, 6.45) is 1.62. The monoisotopic (exact) mass is 538 g/mol. The zero-order chi connectivity index (χ0) is 26.2. The Morgan fingerprint density at radius 3 is 2.22 bits per heavy atom. The summed E-state index contributed by atoms with van der Waals surface area (Å²) in [4.78, 5) is 20.6. The number of benzene rings is 3. The summed E-state index contributed by atoms with van der Waals surface area (Å²) in [6, 6.07) is 20.7. The Kier molecular flexibility index (Phi) is 6.61. The maximum Gasteiger partial charge on any atom is 0.244 e. The average Bonchev–Trinajstić information content (AvgIpc) is 3.33. The van der Waals surface area contributed by atoms with Crippen LogP contribution in [0.1, 0.15) is 12.8 Å². The van der Waals surface area contributed by atoms with Crippen molar-refractivity contribution in [3.63, 3.8) is 0 Å². The number of carbonyl (C=O) groups excluding carboxylic acids is 1. The molecule has 1 aliphatic heterocycles. The van der Waals surface area contributed by atoms with Gasteiger partial charge >= 0.3 is 0 Å². The molecule has 192 valence electrons. The van der Waals surface area contributed by atoms with Crippen molar-refractivity contribution >= 4 is 42.5 Å². The number of aromatic amines is 1. The molecule has 11 heteroatoms. The first-order valence-corrected chi connectivity index (χ1v) is 15.1. The van der Waals surface area contributed by atoms with Crippen molar-refractivity contribution in [2.24, 2.45) is 5.92 Å². The minimum Gasteiger partial charge on any atom is -0.338 e. The van der Waals surface area contributed by atoms with Crippen LogP contribution in [0.2, 0.25) is 0 Å². The van der Waals surface area contributed by atoms with Crippen molar-refractivity contribution in [1.29, 1.82) is 0 Å². The molecular weight excluding hydrogens is 512 g/mol. The molecule has 1 amide bonds. The number of para-hydroxylation sites is 3. The predicted octanol–water partition coefficient (Wildman–Crippen LogP) is 3.67. The Morgan fingerprint density at radius 1 is 0.892 bits per heavy atom. The van der Waals surface area contributed by atoms with E-state index in [0.717, 1.165) is 22.9 Å². The van der Waals surface area contributed by atoms with Crippen LogP contribution in [0.4, 0.5) is 5.69 Å². The van der Waals surface area contributed by atoms with Crippen LogP contribution in [0.5, 0.6) is 0 Å². The Bertz CT molecular complexity index is 1660. The van der Waals surface area contributed by atoms with Gasteiger partial charge in [-0.1, -0.05) is 36.4 Å². The summed E-state index contributed by atoms with van der Waals surface area (Å²) in [5.41, 5.74) is 3.09. The number of piperidine rings is 1. The molecule has 3 aromatic carbocycles. The molecular formula is C26H26N4O5S2. The van der Waals surface area contributed by atoms with Crippen molar-refractivity contribution in [1.82, 2.24) is 14.3 Å². The van der Waals surface area contributed by atoms with Crippen molar-refractivity contribution in [2.75, 3.05) is 24.7 Å². The van der Waals surface area contributed by atoms with Gasteiger partial charge in [-0.15, -0.1) is 0 Å². The first kappa shape index (κ1) is 25.1. The second kappa shape index (κ2) is 9.73. The quantitative estimate of drug-likeness (QED) is 0.385. The number of sulfonamides is 1. The number of amides is 1. The van der Waals surface area contributed by atoms with Crippen LogP contribution in [-0.4, -0.2) is 56.4 Å². The van der Waals surface area contributed by atoms with E-state index in [0.29, 0.717) is 24.4 Å². The minimum atomic E-state index is -4.03. The number of nitrogens with one attached hydrogen (secondary N) is 2. The second-order valence-electron chi connectivity index (χ2n) is 9.03. The number of H-pyrrole nitrogens is 1. The van der Waals surface area contributed by atoms with Gasteiger partial charge in [-0.25, -0.2) is 21.8 Å². The molecule has 0 aliphatic carbocycles. The molecule has 1 saturated heterocycles. The molecule has 0 radical (unpaired) electrons. The lowest BCUT2D eigenvalue weighted by molar-refractivity contribution is -0.120. The third-order valence-corrected chi connectivity index (χ3v) is 9.76. The van der Waals surface area contributed by atoms with Crippen LogP contribution in [0, 0.1) is 5.92 Å². The first-order chi connectivity index (χ1) is 17.6. The van der Waals surface area contributed by atoms with E-state index in [1.165, 1.54) is 28.6 Å². The Labute approximate surface area is 215 Å². The molecule has 37 heavy (non-hydrogen) atoms. The van der Waals surface area contributed by atoms with Gasteiger partial charge in [-0.2, -0.15) is 4.31 Å². The van der Waals surface area contributed by atoms with Gasteiger partial charge in [0.05, 0.1) is 21.6 Å². The van der Waals surface area contributed by atoms with E-state index >= 15 is 0 Å². The van der Waals surface area contributed by atoms with Crippen LogP contribution >= 0.6 is 0 Å². The Hall–Kier alpha value is -3.54. The highest BCUT2D eigenvalue weighted by Gasteiger charge is 2.34. The summed E-state index contributed by atoms with van der Waals surface area (Å²) in [5.74, 6) is 0.0556. The lowest BCUT2D eigenvalue weighted by Gasteiger charge is -2.31. The van der Waals surface area contributed by atoms with E-state index in [9.17, 15) is 21.6 Å². The maximum atomic E-state index is 13.2. The number of imidazole rings is 1. The molecule has 0 bridgehead atoms. The molecule has 0 atom stereocenters. The molecule has 4 aromatic rings. The Morgan fingerprint density at radius 2 is 1.51 bits per heavy atom. The smallest absolute Gasteiger partial charge is 0.244 e. The molecule has 9 nitrogen and oxygen atoms in total. The highest BCUT2D eigenvalue weighted by Crippen LogP contribution is 2.31. The lowest BCUT2D eigenvalue weighted by Crippen LogP contribution is -2.41. The number of hydrogen-bond acceptors (Lipinski definition) is 6. The topological polar surface area (TPSA) is 129 Å². The van der Waals surface area contributed by atoms with Crippen LogP contribution in [-0.2, 0) is 24.7 Å². The van der Waals surface area contributed by atoms with Crippen molar-refractivity contribution < 1.29 is 21.6 Å². The van der Waals surface area contributed by atoms with Crippen LogP contribution in [0.3, 0.4) is 0 Å². The third kappa shape index (κ3) is 5.02. The minimum absolute atomic E-state index is 0.115. The fourth-order valence-electron chi connectivity index (χ4n) is 4.58. The number of hydrogen-bond donors (Lipinski definition) is 2. The average molecular weight is 539 g/mol. The van der Waals surface area contributed by atoms with Gasteiger partial charge < -0.3 is 10.3 Å². The van der Waals surface area contributed by atoms with Gasteiger partial charge in [0.15, 0.2) is 9.84 Å². The van der Waals surface area contributed by atoms with Gasteiger partial charge in [0.2, 0.25) is 15.9 Å². The van der Waals surface area contributed by atoms with Gasteiger partial charge in [-0.3, -0.25) is 4.79 Å². The van der Waals surface area contributed by atoms with E-state index in [2.05, 4.69) is 15.3 Å². The third-order valence-electron chi connectivity index (χ3n) is 6.52. The van der Waals surface area contributed by atoms with Gasteiger partial charge in [0, 0.05) is 30.8 Å². The molecule has 1 aliphatic rings. The number of anilines is 1. The molecule has 0 spiro atoms. The maximum absolute atomic E-state index is 13.2.